The largest absolute Gasteiger partial charge is 0.480 e. The number of imidazole rings is 1. The SMILES string of the molecule is COc1ncnc(C2CC2)c1-c1ncc2cnn(Cc3cnc(-c4nc(C(F)(F)F)cn4C(C)C)s3)c2n1. The van der Waals surface area contributed by atoms with Crippen molar-refractivity contribution in [1.82, 2.24) is 44.3 Å². The van der Waals surface area contributed by atoms with E-state index >= 15 is 0 Å². The molecular weight excluding hydrogens is 519 g/mol. The fourth-order valence-electron chi connectivity index (χ4n) is 4.23. The number of methoxy groups -OCH3 is 1. The van der Waals surface area contributed by atoms with E-state index in [2.05, 4.69) is 30.0 Å². The first-order chi connectivity index (χ1) is 18.2. The second kappa shape index (κ2) is 9.11. The molecule has 5 aromatic heterocycles. The van der Waals surface area contributed by atoms with Crippen molar-refractivity contribution >= 4 is 22.4 Å². The van der Waals surface area contributed by atoms with Gasteiger partial charge in [0.1, 0.15) is 11.9 Å². The van der Waals surface area contributed by atoms with E-state index in [1.54, 1.807) is 44.2 Å². The van der Waals surface area contributed by atoms with E-state index in [-0.39, 0.29) is 11.9 Å². The van der Waals surface area contributed by atoms with E-state index in [9.17, 15) is 13.2 Å². The number of hydrogen-bond donors (Lipinski definition) is 0. The lowest BCUT2D eigenvalue weighted by molar-refractivity contribution is -0.140. The van der Waals surface area contributed by atoms with Gasteiger partial charge in [0.25, 0.3) is 0 Å². The van der Waals surface area contributed by atoms with E-state index < -0.39 is 11.9 Å². The van der Waals surface area contributed by atoms with Crippen LogP contribution in [0.4, 0.5) is 13.2 Å². The Morgan fingerprint density at radius 3 is 2.61 bits per heavy atom. The third-order valence-corrected chi connectivity index (χ3v) is 7.21. The van der Waals surface area contributed by atoms with Crippen molar-refractivity contribution in [3.8, 4) is 28.1 Å². The van der Waals surface area contributed by atoms with Gasteiger partial charge >= 0.3 is 6.18 Å². The molecule has 5 heterocycles. The minimum atomic E-state index is -4.54. The third-order valence-electron chi connectivity index (χ3n) is 6.23. The van der Waals surface area contributed by atoms with Crippen molar-refractivity contribution < 1.29 is 17.9 Å². The summed E-state index contributed by atoms with van der Waals surface area (Å²) < 4.78 is 48.6. The van der Waals surface area contributed by atoms with Crippen LogP contribution in [0.1, 0.15) is 54.9 Å². The summed E-state index contributed by atoms with van der Waals surface area (Å²) in [5, 5.41) is 5.61. The van der Waals surface area contributed by atoms with Crippen LogP contribution in [0.25, 0.3) is 33.3 Å². The number of ether oxygens (including phenoxy) is 1. The van der Waals surface area contributed by atoms with E-state index in [1.165, 1.54) is 22.2 Å². The summed E-state index contributed by atoms with van der Waals surface area (Å²) >= 11 is 1.26. The lowest BCUT2D eigenvalue weighted by Gasteiger charge is -2.10. The maximum Gasteiger partial charge on any atom is 0.434 e. The number of hydrogen-bond acceptors (Lipinski definition) is 9. The van der Waals surface area contributed by atoms with E-state index in [4.69, 9.17) is 9.72 Å². The minimum absolute atomic E-state index is 0.183. The van der Waals surface area contributed by atoms with Crippen molar-refractivity contribution in [2.45, 2.75) is 51.4 Å². The number of fused-ring (bicyclic) bond motifs is 1. The summed E-state index contributed by atoms with van der Waals surface area (Å²) in [6.45, 7) is 3.92. The van der Waals surface area contributed by atoms with E-state index in [0.29, 0.717) is 40.4 Å². The van der Waals surface area contributed by atoms with Crippen molar-refractivity contribution in [2.24, 2.45) is 0 Å². The molecule has 0 aromatic carbocycles. The zero-order valence-electron chi connectivity index (χ0n) is 20.6. The molecule has 0 radical (unpaired) electrons. The lowest BCUT2D eigenvalue weighted by atomic mass is 10.1. The normalized spacial score (nSPS) is 14.1. The highest BCUT2D eigenvalue weighted by Gasteiger charge is 2.36. The van der Waals surface area contributed by atoms with Crippen LogP contribution in [0.2, 0.25) is 0 Å². The van der Waals surface area contributed by atoms with Crippen LogP contribution in [0.15, 0.2) is 31.1 Å². The molecule has 0 unspecified atom stereocenters. The average Bonchev–Trinajstić information content (AvgIpc) is 3.27. The zero-order chi connectivity index (χ0) is 26.6. The Morgan fingerprint density at radius 2 is 1.89 bits per heavy atom. The molecule has 14 heteroatoms. The fourth-order valence-corrected chi connectivity index (χ4v) is 5.12. The van der Waals surface area contributed by atoms with Gasteiger partial charge in [0.15, 0.2) is 28.0 Å². The summed E-state index contributed by atoms with van der Waals surface area (Å²) in [6.07, 6.45) is 5.05. The highest BCUT2D eigenvalue weighted by Crippen LogP contribution is 2.45. The average molecular weight is 542 g/mol. The first-order valence-corrected chi connectivity index (χ1v) is 12.7. The Kier molecular flexibility index (Phi) is 5.85. The molecule has 1 saturated carbocycles. The molecule has 0 N–H and O–H groups in total. The summed E-state index contributed by atoms with van der Waals surface area (Å²) in [4.78, 5) is 27.0. The van der Waals surface area contributed by atoms with E-state index in [1.807, 2.05) is 0 Å². The molecule has 0 aliphatic heterocycles. The summed E-state index contributed by atoms with van der Waals surface area (Å²) in [5.74, 6) is 1.38. The number of nitrogens with zero attached hydrogens (tertiary/aromatic N) is 9. The maximum atomic E-state index is 13.3. The molecular formula is C24H22F3N9OS. The molecule has 6 rings (SSSR count). The summed E-state index contributed by atoms with van der Waals surface area (Å²) in [6, 6.07) is -0.217. The first kappa shape index (κ1) is 24.4. The zero-order valence-corrected chi connectivity index (χ0v) is 21.5. The molecule has 1 fully saturated rings. The Bertz CT molecular complexity index is 1630. The summed E-state index contributed by atoms with van der Waals surface area (Å²) in [7, 11) is 1.55. The van der Waals surface area contributed by atoms with Gasteiger partial charge in [-0.05, 0) is 26.7 Å². The molecule has 196 valence electrons. The van der Waals surface area contributed by atoms with E-state index in [0.717, 1.165) is 35.0 Å². The second-order valence-corrected chi connectivity index (χ2v) is 10.4. The van der Waals surface area contributed by atoms with Crippen LogP contribution in [-0.4, -0.2) is 51.4 Å². The Balaban J connectivity index is 1.35. The Morgan fingerprint density at radius 1 is 1.08 bits per heavy atom. The smallest absolute Gasteiger partial charge is 0.434 e. The molecule has 1 aliphatic carbocycles. The van der Waals surface area contributed by atoms with Gasteiger partial charge in [-0.1, -0.05) is 0 Å². The van der Waals surface area contributed by atoms with Crippen molar-refractivity contribution in [1.29, 1.82) is 0 Å². The lowest BCUT2D eigenvalue weighted by Crippen LogP contribution is -2.05. The highest BCUT2D eigenvalue weighted by atomic mass is 32.1. The number of thiazole rings is 1. The van der Waals surface area contributed by atoms with Crippen LogP contribution in [0.5, 0.6) is 5.88 Å². The topological polar surface area (TPSA) is 109 Å². The minimum Gasteiger partial charge on any atom is -0.480 e. The molecule has 1 aliphatic rings. The van der Waals surface area contributed by atoms with Gasteiger partial charge < -0.3 is 9.30 Å². The van der Waals surface area contributed by atoms with Gasteiger partial charge in [-0.25, -0.2) is 34.6 Å². The maximum absolute atomic E-state index is 13.3. The van der Waals surface area contributed by atoms with Crippen molar-refractivity contribution in [2.75, 3.05) is 7.11 Å². The van der Waals surface area contributed by atoms with Crippen LogP contribution in [0.3, 0.4) is 0 Å². The van der Waals surface area contributed by atoms with Crippen LogP contribution < -0.4 is 4.74 Å². The number of rotatable bonds is 7. The second-order valence-electron chi connectivity index (χ2n) is 9.27. The molecule has 0 bridgehead atoms. The van der Waals surface area contributed by atoms with Crippen molar-refractivity contribution in [3.05, 3.63) is 47.4 Å². The molecule has 38 heavy (non-hydrogen) atoms. The predicted octanol–water partition coefficient (Wildman–Crippen LogP) is 5.14. The predicted molar refractivity (Wildman–Crippen MR) is 133 cm³/mol. The molecule has 0 saturated heterocycles. The number of aromatic nitrogens is 9. The first-order valence-electron chi connectivity index (χ1n) is 11.9. The van der Waals surface area contributed by atoms with Crippen LogP contribution in [0, 0.1) is 0 Å². The van der Waals surface area contributed by atoms with Gasteiger partial charge in [0, 0.05) is 35.4 Å². The number of alkyl halides is 3. The fraction of sp³-hybridized carbons (Fsp3) is 0.375. The molecule has 5 aromatic rings. The standard InChI is InChI=1S/C24H22F3N9OS/c1-12(2)35-10-16(24(25,26)27)33-21(35)23-29-8-15(38-23)9-36-20-14(7-32-36)6-28-19(34-20)17-18(13-4-5-13)30-11-31-22(17)37-3/h6-8,10-13H,4-5,9H2,1-3H3. The molecule has 0 spiro atoms. The van der Waals surface area contributed by atoms with Gasteiger partial charge in [-0.3, -0.25) is 0 Å². The molecule has 0 amide bonds. The van der Waals surface area contributed by atoms with Gasteiger partial charge in [0.2, 0.25) is 5.88 Å². The monoisotopic (exact) mass is 541 g/mol. The van der Waals surface area contributed by atoms with Crippen molar-refractivity contribution in [3.63, 3.8) is 0 Å². The third kappa shape index (κ3) is 4.38. The van der Waals surface area contributed by atoms with Crippen LogP contribution in [-0.2, 0) is 12.7 Å². The van der Waals surface area contributed by atoms with Gasteiger partial charge in [0.05, 0.1) is 30.9 Å². The molecule has 10 nitrogen and oxygen atoms in total. The Labute approximate surface area is 218 Å². The Hall–Kier alpha value is -3.94. The number of halogens is 3. The van der Waals surface area contributed by atoms with Crippen LogP contribution >= 0.6 is 11.3 Å². The van der Waals surface area contributed by atoms with Gasteiger partial charge in [-0.15, -0.1) is 11.3 Å². The quantitative estimate of drug-likeness (QED) is 0.279. The molecule has 0 atom stereocenters. The van der Waals surface area contributed by atoms with Gasteiger partial charge in [-0.2, -0.15) is 18.3 Å². The summed E-state index contributed by atoms with van der Waals surface area (Å²) in [5.41, 5.74) is 1.20. The highest BCUT2D eigenvalue weighted by molar-refractivity contribution is 7.14.